The van der Waals surface area contributed by atoms with E-state index < -0.39 is 23.6 Å². The Morgan fingerprint density at radius 2 is 1.87 bits per heavy atom. The highest BCUT2D eigenvalue weighted by atomic mass is 19.1. The van der Waals surface area contributed by atoms with Crippen LogP contribution in [0.15, 0.2) is 30.3 Å². The van der Waals surface area contributed by atoms with E-state index in [4.69, 9.17) is 9.84 Å². The molecule has 0 saturated carbocycles. The molecule has 0 radical (unpaired) electrons. The molecule has 0 saturated heterocycles. The summed E-state index contributed by atoms with van der Waals surface area (Å²) in [5, 5.41) is 9.15. The van der Waals surface area contributed by atoms with Crippen molar-refractivity contribution in [2.45, 2.75) is 26.9 Å². The van der Waals surface area contributed by atoms with E-state index in [1.807, 2.05) is 0 Å². The minimum atomic E-state index is -1.07. The van der Waals surface area contributed by atoms with Crippen LogP contribution in [0.2, 0.25) is 0 Å². The van der Waals surface area contributed by atoms with Gasteiger partial charge in [-0.3, -0.25) is 4.79 Å². The fourth-order valence-electron chi connectivity index (χ4n) is 2.22. The molecule has 0 aromatic heterocycles. The predicted molar refractivity (Wildman–Crippen MR) is 83.3 cm³/mol. The standard InChI is InChI=1S/C17H20FNO4/c1-17(2,3)15(20)23-14-10-19(16(21)22)9-8-13(14)11-4-6-12(18)7-5-11/h4-8,14H,9-10H2,1-3H3,(H,21,22)/t14-/m1/s1. The molecule has 1 heterocycles. The topological polar surface area (TPSA) is 66.8 Å². The number of carboxylic acid groups (broad SMARTS) is 1. The second-order valence-electron chi connectivity index (χ2n) is 6.50. The summed E-state index contributed by atoms with van der Waals surface area (Å²) in [6, 6.07) is 5.83. The first-order valence-electron chi connectivity index (χ1n) is 7.33. The molecule has 1 atom stereocenters. The number of benzene rings is 1. The van der Waals surface area contributed by atoms with Crippen molar-refractivity contribution in [2.75, 3.05) is 13.1 Å². The predicted octanol–water partition coefficient (Wildman–Crippen LogP) is 3.16. The van der Waals surface area contributed by atoms with Gasteiger partial charge in [-0.1, -0.05) is 18.2 Å². The van der Waals surface area contributed by atoms with Crippen molar-refractivity contribution < 1.29 is 23.8 Å². The van der Waals surface area contributed by atoms with E-state index in [9.17, 15) is 14.0 Å². The van der Waals surface area contributed by atoms with Crippen molar-refractivity contribution >= 4 is 17.6 Å². The average molecular weight is 321 g/mol. The summed E-state index contributed by atoms with van der Waals surface area (Å²) in [6.45, 7) is 5.45. The number of carbonyl (C=O) groups is 2. The van der Waals surface area contributed by atoms with Crippen LogP contribution in [0.4, 0.5) is 9.18 Å². The number of carbonyl (C=O) groups excluding carboxylic acids is 1. The van der Waals surface area contributed by atoms with E-state index in [1.165, 1.54) is 17.0 Å². The summed E-state index contributed by atoms with van der Waals surface area (Å²) in [4.78, 5) is 24.5. The second kappa shape index (κ2) is 6.40. The molecule has 0 unspecified atom stereocenters. The first-order chi connectivity index (χ1) is 10.7. The Bertz CT molecular complexity index is 631. The van der Waals surface area contributed by atoms with Crippen LogP contribution in [-0.2, 0) is 9.53 Å². The molecule has 5 nitrogen and oxygen atoms in total. The Morgan fingerprint density at radius 3 is 2.39 bits per heavy atom. The molecule has 1 amide bonds. The Kier molecular flexibility index (Phi) is 4.73. The van der Waals surface area contributed by atoms with Crippen molar-refractivity contribution in [2.24, 2.45) is 5.41 Å². The lowest BCUT2D eigenvalue weighted by Gasteiger charge is -2.32. The summed E-state index contributed by atoms with van der Waals surface area (Å²) >= 11 is 0. The van der Waals surface area contributed by atoms with Crippen LogP contribution in [0.5, 0.6) is 0 Å². The number of amides is 1. The van der Waals surface area contributed by atoms with Crippen molar-refractivity contribution in [3.63, 3.8) is 0 Å². The zero-order valence-corrected chi connectivity index (χ0v) is 13.4. The van der Waals surface area contributed by atoms with Gasteiger partial charge in [-0.05, 0) is 44.0 Å². The summed E-state index contributed by atoms with van der Waals surface area (Å²) in [5.41, 5.74) is 0.711. The zero-order chi connectivity index (χ0) is 17.2. The Morgan fingerprint density at radius 1 is 1.26 bits per heavy atom. The van der Waals surface area contributed by atoms with Gasteiger partial charge in [0.2, 0.25) is 0 Å². The third-order valence-electron chi connectivity index (χ3n) is 3.57. The van der Waals surface area contributed by atoms with Gasteiger partial charge in [0, 0.05) is 6.54 Å². The summed E-state index contributed by atoms with van der Waals surface area (Å²) in [6.07, 6.45) is -0.0842. The average Bonchev–Trinajstić information content (AvgIpc) is 2.47. The quantitative estimate of drug-likeness (QED) is 0.850. The highest BCUT2D eigenvalue weighted by Crippen LogP contribution is 2.28. The van der Waals surface area contributed by atoms with E-state index in [-0.39, 0.29) is 18.9 Å². The highest BCUT2D eigenvalue weighted by Gasteiger charge is 2.32. The van der Waals surface area contributed by atoms with Crippen LogP contribution < -0.4 is 0 Å². The molecular weight excluding hydrogens is 301 g/mol. The maximum atomic E-state index is 13.1. The number of nitrogens with zero attached hydrogens (tertiary/aromatic N) is 1. The largest absolute Gasteiger partial charge is 0.465 e. The molecule has 1 aliphatic rings. The van der Waals surface area contributed by atoms with Crippen molar-refractivity contribution in [1.29, 1.82) is 0 Å². The van der Waals surface area contributed by atoms with E-state index >= 15 is 0 Å². The molecule has 0 aliphatic carbocycles. The molecule has 0 fully saturated rings. The molecule has 0 spiro atoms. The number of halogens is 1. The van der Waals surface area contributed by atoms with E-state index in [0.717, 1.165) is 0 Å². The second-order valence-corrected chi connectivity index (χ2v) is 6.50. The van der Waals surface area contributed by atoms with Crippen molar-refractivity contribution in [1.82, 2.24) is 4.90 Å². The Labute approximate surface area is 134 Å². The van der Waals surface area contributed by atoms with Gasteiger partial charge in [-0.2, -0.15) is 0 Å². The van der Waals surface area contributed by atoms with Gasteiger partial charge in [-0.25, -0.2) is 9.18 Å². The van der Waals surface area contributed by atoms with Crippen LogP contribution in [0.1, 0.15) is 26.3 Å². The van der Waals surface area contributed by atoms with E-state index in [2.05, 4.69) is 0 Å². The van der Waals surface area contributed by atoms with Crippen LogP contribution in [0.25, 0.3) is 5.57 Å². The maximum Gasteiger partial charge on any atom is 0.407 e. The van der Waals surface area contributed by atoms with Crippen molar-refractivity contribution in [3.8, 4) is 0 Å². The molecule has 23 heavy (non-hydrogen) atoms. The van der Waals surface area contributed by atoms with Gasteiger partial charge in [0.05, 0.1) is 12.0 Å². The third-order valence-corrected chi connectivity index (χ3v) is 3.57. The third kappa shape index (κ3) is 4.09. The van der Waals surface area contributed by atoms with Gasteiger partial charge in [0.15, 0.2) is 0 Å². The summed E-state index contributed by atoms with van der Waals surface area (Å²) < 4.78 is 18.6. The SMILES string of the molecule is CC(C)(C)C(=O)O[C@@H]1CN(C(=O)O)CC=C1c1ccc(F)cc1. The number of hydrogen-bond donors (Lipinski definition) is 1. The fraction of sp³-hybridized carbons (Fsp3) is 0.412. The van der Waals surface area contributed by atoms with Gasteiger partial charge in [0.25, 0.3) is 0 Å². The van der Waals surface area contributed by atoms with Gasteiger partial charge >= 0.3 is 12.1 Å². The zero-order valence-electron chi connectivity index (χ0n) is 13.4. The molecule has 2 rings (SSSR count). The number of hydrogen-bond acceptors (Lipinski definition) is 3. The number of ether oxygens (including phenoxy) is 1. The van der Waals surface area contributed by atoms with Crippen LogP contribution in [0.3, 0.4) is 0 Å². The van der Waals surface area contributed by atoms with Gasteiger partial charge in [0.1, 0.15) is 11.9 Å². The minimum Gasteiger partial charge on any atom is -0.465 e. The lowest BCUT2D eigenvalue weighted by molar-refractivity contribution is -0.156. The molecule has 124 valence electrons. The summed E-state index contributed by atoms with van der Waals surface area (Å²) in [7, 11) is 0. The monoisotopic (exact) mass is 321 g/mol. The highest BCUT2D eigenvalue weighted by molar-refractivity contribution is 5.80. The lowest BCUT2D eigenvalue weighted by Crippen LogP contribution is -2.43. The molecule has 1 aromatic carbocycles. The molecule has 6 heteroatoms. The molecule has 0 bridgehead atoms. The first-order valence-corrected chi connectivity index (χ1v) is 7.33. The number of rotatable bonds is 2. The molecular formula is C17H20FNO4. The van der Waals surface area contributed by atoms with E-state index in [1.54, 1.807) is 39.0 Å². The normalized spacial score (nSPS) is 18.3. The number of esters is 1. The minimum absolute atomic E-state index is 0.0559. The Balaban J connectivity index is 2.30. The molecule has 1 aromatic rings. The fourth-order valence-corrected chi connectivity index (χ4v) is 2.22. The maximum absolute atomic E-state index is 13.1. The first kappa shape index (κ1) is 17.0. The summed E-state index contributed by atoms with van der Waals surface area (Å²) in [5.74, 6) is -0.775. The molecule has 1 aliphatic heterocycles. The Hall–Kier alpha value is -2.37. The van der Waals surface area contributed by atoms with E-state index in [0.29, 0.717) is 11.1 Å². The smallest absolute Gasteiger partial charge is 0.407 e. The van der Waals surface area contributed by atoms with Crippen LogP contribution in [-0.4, -0.2) is 41.3 Å². The lowest BCUT2D eigenvalue weighted by atomic mass is 9.94. The van der Waals surface area contributed by atoms with Gasteiger partial charge < -0.3 is 14.7 Å². The molecule has 1 N–H and O–H groups in total. The van der Waals surface area contributed by atoms with Crippen LogP contribution in [0, 0.1) is 11.2 Å². The van der Waals surface area contributed by atoms with Gasteiger partial charge in [-0.15, -0.1) is 0 Å². The van der Waals surface area contributed by atoms with Crippen molar-refractivity contribution in [3.05, 3.63) is 41.7 Å². The van der Waals surface area contributed by atoms with Crippen LogP contribution >= 0.6 is 0 Å².